The molecular formula is C54H52Cl2N12O8S2. The molecule has 1 unspecified atom stereocenters. The number of benzene rings is 6. The van der Waals surface area contributed by atoms with Crippen molar-refractivity contribution in [1.29, 1.82) is 0 Å². The fourth-order valence-electron chi connectivity index (χ4n) is 8.74. The average molecular weight is 1130 g/mol. The van der Waals surface area contributed by atoms with Gasteiger partial charge >= 0.3 is 0 Å². The van der Waals surface area contributed by atoms with Crippen molar-refractivity contribution in [1.82, 2.24) is 9.97 Å². The maximum absolute atomic E-state index is 11.3. The maximum atomic E-state index is 11.3. The lowest BCUT2D eigenvalue weighted by atomic mass is 9.69. The molecule has 0 amide bonds. The molecule has 0 saturated carbocycles. The van der Waals surface area contributed by atoms with Crippen molar-refractivity contribution < 1.29 is 40.5 Å². The Labute approximate surface area is 465 Å². The first kappa shape index (κ1) is 56.1. The molecule has 2 aliphatic heterocycles. The number of nitro groups is 2. The number of carboxylic acids is 2. The van der Waals surface area contributed by atoms with Gasteiger partial charge in [0.15, 0.2) is 0 Å². The number of para-hydroxylation sites is 2. The molecule has 402 valence electrons. The first-order chi connectivity index (χ1) is 37.6. The number of hydrazone groups is 2. The number of hydrogen-bond acceptors (Lipinski definition) is 18. The Balaban J connectivity index is 0.000000161. The Bertz CT molecular complexity index is 3200. The topological polar surface area (TPSA) is 263 Å². The van der Waals surface area contributed by atoms with Gasteiger partial charge in [-0.05, 0) is 116 Å². The second-order valence-electron chi connectivity index (χ2n) is 17.9. The quantitative estimate of drug-likeness (QED) is 0.0352. The van der Waals surface area contributed by atoms with E-state index >= 15 is 0 Å². The van der Waals surface area contributed by atoms with Crippen LogP contribution in [0.15, 0.2) is 156 Å². The standard InChI is InChI=1S/2C20H13ClN6O2S.C14H26O4/c2*21-14-7-5-13(6-8-14)19-23-25(15-9-11-16(12-10-15)27(28)29)26(24-19)20-22-17-3-1-2-4-18(17)30-20;1-4-7-8-9-10-11(12(15)16)14(5-2,6-3)13(17)18/h2*1-12H,(H,23,24);11H,4-10H2,1-3H3,(H,15,16)(H,17,18). The number of unbranched alkanes of at least 4 members (excludes halogenated alkanes) is 3. The first-order valence-electron chi connectivity index (χ1n) is 24.8. The molecule has 0 aliphatic carbocycles. The summed E-state index contributed by atoms with van der Waals surface area (Å²) in [5, 5.41) is 63.9. The lowest BCUT2D eigenvalue weighted by Crippen LogP contribution is -2.96. The van der Waals surface area contributed by atoms with E-state index in [1.165, 1.54) is 46.9 Å². The molecule has 0 radical (unpaired) electrons. The fraction of sp³-hybridized carbons (Fsp3) is 0.222. The predicted octanol–water partition coefficient (Wildman–Crippen LogP) is 8.76. The highest BCUT2D eigenvalue weighted by atomic mass is 35.5. The number of aromatic nitrogens is 2. The van der Waals surface area contributed by atoms with Crippen LogP contribution in [0.25, 0.3) is 20.4 Å². The Morgan fingerprint density at radius 3 is 1.35 bits per heavy atom. The third-order valence-electron chi connectivity index (χ3n) is 13.1. The Morgan fingerprint density at radius 2 is 1.00 bits per heavy atom. The van der Waals surface area contributed by atoms with Gasteiger partial charge in [-0.1, -0.05) is 137 Å². The van der Waals surface area contributed by atoms with Crippen LogP contribution in [-0.4, -0.2) is 43.4 Å². The zero-order chi connectivity index (χ0) is 55.5. The van der Waals surface area contributed by atoms with Crippen molar-refractivity contribution in [3.05, 3.63) is 187 Å². The van der Waals surface area contributed by atoms with Crippen LogP contribution in [0.3, 0.4) is 0 Å². The summed E-state index contributed by atoms with van der Waals surface area (Å²) in [6.45, 7) is 5.46. The number of rotatable bonds is 18. The molecule has 2 aliphatic rings. The normalized spacial score (nSPS) is 13.6. The van der Waals surface area contributed by atoms with Gasteiger partial charge in [0, 0.05) is 57.6 Å². The minimum absolute atomic E-state index is 0.0235. The lowest BCUT2D eigenvalue weighted by Gasteiger charge is -2.41. The van der Waals surface area contributed by atoms with Gasteiger partial charge in [0.2, 0.25) is 0 Å². The number of fused-ring (bicyclic) bond motifs is 2. The van der Waals surface area contributed by atoms with Crippen LogP contribution in [0, 0.1) is 31.6 Å². The second-order valence-corrected chi connectivity index (χ2v) is 20.7. The van der Waals surface area contributed by atoms with Crippen LogP contribution in [-0.2, 0) is 9.59 Å². The third-order valence-corrected chi connectivity index (χ3v) is 15.6. The van der Waals surface area contributed by atoms with Crippen LogP contribution >= 0.6 is 45.9 Å². The van der Waals surface area contributed by atoms with Crippen LogP contribution < -0.4 is 41.5 Å². The highest BCUT2D eigenvalue weighted by Gasteiger charge is 2.38. The van der Waals surface area contributed by atoms with Crippen molar-refractivity contribution in [3.63, 3.8) is 0 Å². The van der Waals surface area contributed by atoms with Gasteiger partial charge < -0.3 is 19.8 Å². The van der Waals surface area contributed by atoms with Crippen LogP contribution in [0.4, 0.5) is 33.0 Å². The molecule has 0 saturated heterocycles. The van der Waals surface area contributed by atoms with E-state index in [0.717, 1.165) is 79.2 Å². The van der Waals surface area contributed by atoms with E-state index < -0.39 is 33.1 Å². The number of nitrogens with zero attached hydrogens (tertiary/aromatic N) is 10. The molecular weight excluding hydrogens is 1080 g/mol. The molecule has 6 aromatic carbocycles. The summed E-state index contributed by atoms with van der Waals surface area (Å²) in [5.74, 6) is -2.03. The maximum Gasteiger partial charge on any atom is 0.277 e. The van der Waals surface area contributed by atoms with Crippen LogP contribution in [0.1, 0.15) is 76.8 Å². The minimum atomic E-state index is -1.29. The number of carbonyl (C=O) groups is 2. The van der Waals surface area contributed by atoms with Crippen molar-refractivity contribution in [2.45, 2.75) is 65.7 Å². The van der Waals surface area contributed by atoms with Gasteiger partial charge in [0.05, 0.1) is 52.8 Å². The summed E-state index contributed by atoms with van der Waals surface area (Å²) < 4.78 is 2.12. The summed E-state index contributed by atoms with van der Waals surface area (Å²) in [7, 11) is 0. The van der Waals surface area contributed by atoms with E-state index in [4.69, 9.17) is 43.4 Å². The summed E-state index contributed by atoms with van der Waals surface area (Å²) >= 11 is 15.1. The summed E-state index contributed by atoms with van der Waals surface area (Å²) in [6, 6.07) is 43.1. The smallest absolute Gasteiger partial charge is 0.277 e. The Kier molecular flexibility index (Phi) is 18.2. The number of amidine groups is 2. The monoisotopic (exact) mass is 1130 g/mol. The van der Waals surface area contributed by atoms with E-state index in [1.807, 2.05) is 118 Å². The van der Waals surface area contributed by atoms with Gasteiger partial charge in [-0.3, -0.25) is 20.2 Å². The van der Waals surface area contributed by atoms with Crippen molar-refractivity contribution in [2.24, 2.45) is 21.5 Å². The van der Waals surface area contributed by atoms with E-state index in [-0.39, 0.29) is 24.2 Å². The highest BCUT2D eigenvalue weighted by Crippen LogP contribution is 2.38. The molecule has 2 aromatic heterocycles. The molecule has 4 N–H and O–H groups in total. The summed E-state index contributed by atoms with van der Waals surface area (Å²) in [4.78, 5) is 53.2. The van der Waals surface area contributed by atoms with Gasteiger partial charge in [0.1, 0.15) is 0 Å². The summed E-state index contributed by atoms with van der Waals surface area (Å²) in [5.41, 5.74) is 7.50. The van der Waals surface area contributed by atoms with Crippen molar-refractivity contribution in [3.8, 4) is 0 Å². The second kappa shape index (κ2) is 25.4. The number of non-ortho nitro benzene ring substituents is 2. The number of nitro benzene ring substituents is 2. The van der Waals surface area contributed by atoms with Crippen molar-refractivity contribution >= 4 is 123 Å². The minimum Gasteiger partial charge on any atom is -0.550 e. The number of thiazole rings is 2. The molecule has 0 spiro atoms. The molecule has 8 aromatic rings. The molecule has 78 heavy (non-hydrogen) atoms. The SMILES string of the molecule is CCCCCCC(C(=O)[O-])C(CC)(CC)C(=O)[O-].O=[N+]([O-])c1ccc(N2N=C(c3ccc(Cl)cc3)[NH2+]N2c2nc3ccccc3s2)cc1.O=[N+]([O-])c1ccc(N2N=C(c3ccc(Cl)cc3)[NH2+]N2c2nc3ccccc3s2)cc1. The van der Waals surface area contributed by atoms with Gasteiger partial charge in [-0.25, -0.2) is 9.97 Å². The van der Waals surface area contributed by atoms with E-state index in [1.54, 1.807) is 48.3 Å². The van der Waals surface area contributed by atoms with Gasteiger partial charge in [-0.15, -0.1) is 10.2 Å². The number of aliphatic carboxylic acids is 2. The van der Waals surface area contributed by atoms with E-state index in [0.29, 0.717) is 27.8 Å². The summed E-state index contributed by atoms with van der Waals surface area (Å²) in [6.07, 6.45) is 4.63. The zero-order valence-electron chi connectivity index (χ0n) is 42.3. The Morgan fingerprint density at radius 1 is 0.590 bits per heavy atom. The highest BCUT2D eigenvalue weighted by molar-refractivity contribution is 7.22. The number of nitrogens with two attached hydrogens (primary N) is 2. The number of hydrazine groups is 2. The largest absolute Gasteiger partial charge is 0.550 e. The molecule has 20 nitrogen and oxygen atoms in total. The number of halogens is 2. The van der Waals surface area contributed by atoms with Gasteiger partial charge in [-0.2, -0.15) is 10.9 Å². The first-order valence-corrected chi connectivity index (χ1v) is 27.2. The molecule has 0 fully saturated rings. The Hall–Kier alpha value is -8.12. The third kappa shape index (κ3) is 12.8. The molecule has 10 rings (SSSR count). The zero-order valence-corrected chi connectivity index (χ0v) is 45.5. The fourth-order valence-corrected chi connectivity index (χ4v) is 10.8. The number of quaternary nitrogens is 2. The number of hydrogen-bond donors (Lipinski definition) is 2. The molecule has 24 heteroatoms. The number of anilines is 4. The average Bonchev–Trinajstić information content (AvgIpc) is 4.37. The number of carboxylic acid groups (broad SMARTS) is 2. The predicted molar refractivity (Wildman–Crippen MR) is 300 cm³/mol. The lowest BCUT2D eigenvalue weighted by molar-refractivity contribution is -0.545. The number of carbonyl (C=O) groups excluding carboxylic acids is 2. The van der Waals surface area contributed by atoms with E-state index in [2.05, 4.69) is 6.92 Å². The molecule has 0 bridgehead atoms. The van der Waals surface area contributed by atoms with E-state index in [9.17, 15) is 40.0 Å². The van der Waals surface area contributed by atoms with Crippen molar-refractivity contribution in [2.75, 3.05) is 20.5 Å². The van der Waals surface area contributed by atoms with Gasteiger partial charge in [0.25, 0.3) is 33.3 Å². The molecule has 1 atom stereocenters. The molecule has 4 heterocycles. The van der Waals surface area contributed by atoms with Crippen LogP contribution in [0.2, 0.25) is 10.0 Å². The van der Waals surface area contributed by atoms with Crippen LogP contribution in [0.5, 0.6) is 0 Å².